The topological polar surface area (TPSA) is 23.6 Å². The lowest BCUT2D eigenvalue weighted by molar-refractivity contribution is 0.0584. The number of hydrogen-bond donors (Lipinski definition) is 0. The maximum Gasteiger partial charge on any atom is 0.254 e. The number of rotatable bonds is 4. The molecule has 2 aliphatic heterocycles. The van der Waals surface area contributed by atoms with E-state index in [9.17, 15) is 4.79 Å². The fourth-order valence-electron chi connectivity index (χ4n) is 4.02. The number of carbonyl (C=O) groups excluding carboxylic acids is 1. The van der Waals surface area contributed by atoms with Crippen LogP contribution in [0.5, 0.6) is 0 Å². The molecule has 1 amide bonds. The Morgan fingerprint density at radius 1 is 0.958 bits per heavy atom. The summed E-state index contributed by atoms with van der Waals surface area (Å²) >= 11 is 3.45. The molecule has 1 unspecified atom stereocenters. The highest BCUT2D eigenvalue weighted by Crippen LogP contribution is 2.23. The van der Waals surface area contributed by atoms with Crippen LogP contribution in [0, 0.1) is 0 Å². The van der Waals surface area contributed by atoms with E-state index in [1.807, 2.05) is 24.3 Å². The predicted molar refractivity (Wildman–Crippen MR) is 102 cm³/mol. The van der Waals surface area contributed by atoms with Crippen LogP contribution >= 0.6 is 15.9 Å². The zero-order chi connectivity index (χ0) is 16.8. The SMILES string of the molecule is O=C(c1ccc(Br)cc1)N1CCCCC1CCN1CCCCCC1. The molecule has 0 bridgehead atoms. The van der Waals surface area contributed by atoms with Gasteiger partial charge in [0.25, 0.3) is 5.91 Å². The molecule has 0 spiro atoms. The van der Waals surface area contributed by atoms with Crippen molar-refractivity contribution in [3.05, 3.63) is 34.3 Å². The number of likely N-dealkylation sites (tertiary alicyclic amines) is 2. The van der Waals surface area contributed by atoms with Crippen LogP contribution in [0.3, 0.4) is 0 Å². The Kier molecular flexibility index (Phi) is 6.73. The van der Waals surface area contributed by atoms with E-state index in [2.05, 4.69) is 25.7 Å². The lowest BCUT2D eigenvalue weighted by Crippen LogP contribution is -2.45. The fraction of sp³-hybridized carbons (Fsp3) is 0.650. The van der Waals surface area contributed by atoms with Crippen molar-refractivity contribution >= 4 is 21.8 Å². The lowest BCUT2D eigenvalue weighted by atomic mass is 9.98. The highest BCUT2D eigenvalue weighted by molar-refractivity contribution is 9.10. The average molecular weight is 393 g/mol. The molecule has 0 aliphatic carbocycles. The summed E-state index contributed by atoms with van der Waals surface area (Å²) in [7, 11) is 0. The number of nitrogens with zero attached hydrogens (tertiary/aromatic N) is 2. The molecule has 1 atom stereocenters. The monoisotopic (exact) mass is 392 g/mol. The van der Waals surface area contributed by atoms with Gasteiger partial charge in [-0.2, -0.15) is 0 Å². The molecule has 132 valence electrons. The zero-order valence-corrected chi connectivity index (χ0v) is 16.1. The van der Waals surface area contributed by atoms with Gasteiger partial charge in [-0.3, -0.25) is 4.79 Å². The molecule has 2 fully saturated rings. The van der Waals surface area contributed by atoms with Crippen molar-refractivity contribution in [3.63, 3.8) is 0 Å². The van der Waals surface area contributed by atoms with Gasteiger partial charge >= 0.3 is 0 Å². The van der Waals surface area contributed by atoms with E-state index in [0.29, 0.717) is 6.04 Å². The summed E-state index contributed by atoms with van der Waals surface area (Å²) in [4.78, 5) is 17.7. The zero-order valence-electron chi connectivity index (χ0n) is 14.6. The van der Waals surface area contributed by atoms with Gasteiger partial charge in [0, 0.05) is 29.2 Å². The largest absolute Gasteiger partial charge is 0.336 e. The number of halogens is 1. The van der Waals surface area contributed by atoms with Gasteiger partial charge in [0.2, 0.25) is 0 Å². The third-order valence-corrected chi connectivity index (χ3v) is 5.99. The van der Waals surface area contributed by atoms with Gasteiger partial charge in [-0.25, -0.2) is 0 Å². The standard InChI is InChI=1S/C20H29BrN2O/c21-18-10-8-17(9-11-18)20(24)23-15-6-3-7-19(23)12-16-22-13-4-1-2-5-14-22/h8-11,19H,1-7,12-16H2. The Morgan fingerprint density at radius 3 is 2.33 bits per heavy atom. The first kappa shape index (κ1) is 17.9. The Bertz CT molecular complexity index is 523. The number of piperidine rings is 1. The van der Waals surface area contributed by atoms with Crippen LogP contribution in [-0.2, 0) is 0 Å². The Hall–Kier alpha value is -0.870. The molecular weight excluding hydrogens is 364 g/mol. The van der Waals surface area contributed by atoms with E-state index < -0.39 is 0 Å². The number of hydrogen-bond acceptors (Lipinski definition) is 2. The van der Waals surface area contributed by atoms with E-state index in [0.717, 1.165) is 42.4 Å². The van der Waals surface area contributed by atoms with Crippen LogP contribution in [0.4, 0.5) is 0 Å². The number of benzene rings is 1. The van der Waals surface area contributed by atoms with Gasteiger partial charge in [0.15, 0.2) is 0 Å². The van der Waals surface area contributed by atoms with Crippen LogP contribution < -0.4 is 0 Å². The average Bonchev–Trinajstić information content (AvgIpc) is 2.89. The number of carbonyl (C=O) groups is 1. The molecule has 2 aliphatic rings. The minimum atomic E-state index is 0.211. The quantitative estimate of drug-likeness (QED) is 0.740. The van der Waals surface area contributed by atoms with Crippen LogP contribution in [0.2, 0.25) is 0 Å². The van der Waals surface area contributed by atoms with Crippen molar-refractivity contribution in [2.75, 3.05) is 26.2 Å². The van der Waals surface area contributed by atoms with Gasteiger partial charge < -0.3 is 9.80 Å². The molecule has 3 rings (SSSR count). The molecular formula is C20H29BrN2O. The molecule has 24 heavy (non-hydrogen) atoms. The van der Waals surface area contributed by atoms with Crippen LogP contribution in [0.1, 0.15) is 61.7 Å². The second kappa shape index (κ2) is 9.00. The third kappa shape index (κ3) is 4.82. The fourth-order valence-corrected chi connectivity index (χ4v) is 4.28. The van der Waals surface area contributed by atoms with E-state index >= 15 is 0 Å². The summed E-state index contributed by atoms with van der Waals surface area (Å²) in [5.41, 5.74) is 0.819. The van der Waals surface area contributed by atoms with E-state index in [-0.39, 0.29) is 5.91 Å². The summed E-state index contributed by atoms with van der Waals surface area (Å²) in [5, 5.41) is 0. The van der Waals surface area contributed by atoms with E-state index in [1.165, 1.54) is 45.2 Å². The molecule has 2 saturated heterocycles. The molecule has 2 heterocycles. The third-order valence-electron chi connectivity index (χ3n) is 5.46. The van der Waals surface area contributed by atoms with Crippen molar-refractivity contribution in [2.24, 2.45) is 0 Å². The Morgan fingerprint density at radius 2 is 1.62 bits per heavy atom. The normalized spacial score (nSPS) is 23.0. The Balaban J connectivity index is 1.60. The molecule has 3 nitrogen and oxygen atoms in total. The highest BCUT2D eigenvalue weighted by atomic mass is 79.9. The van der Waals surface area contributed by atoms with Crippen molar-refractivity contribution < 1.29 is 4.79 Å². The Labute approximate surface area is 154 Å². The van der Waals surface area contributed by atoms with E-state index in [4.69, 9.17) is 0 Å². The molecule has 0 radical (unpaired) electrons. The summed E-state index contributed by atoms with van der Waals surface area (Å²) < 4.78 is 1.02. The van der Waals surface area contributed by atoms with E-state index in [1.54, 1.807) is 0 Å². The van der Waals surface area contributed by atoms with Crippen LogP contribution in [0.15, 0.2) is 28.7 Å². The second-order valence-electron chi connectivity index (χ2n) is 7.20. The molecule has 0 saturated carbocycles. The van der Waals surface area contributed by atoms with Gasteiger partial charge in [0.1, 0.15) is 0 Å². The maximum atomic E-state index is 12.9. The molecule has 0 aromatic heterocycles. The lowest BCUT2D eigenvalue weighted by Gasteiger charge is -2.37. The van der Waals surface area contributed by atoms with Crippen molar-refractivity contribution in [2.45, 2.75) is 57.4 Å². The first-order valence-corrected chi connectivity index (χ1v) is 10.3. The van der Waals surface area contributed by atoms with Crippen LogP contribution in [0.25, 0.3) is 0 Å². The first-order valence-electron chi connectivity index (χ1n) is 9.53. The number of amides is 1. The molecule has 4 heteroatoms. The van der Waals surface area contributed by atoms with Crippen LogP contribution in [-0.4, -0.2) is 47.9 Å². The summed E-state index contributed by atoms with van der Waals surface area (Å²) in [6.07, 6.45) is 10.1. The smallest absolute Gasteiger partial charge is 0.254 e. The van der Waals surface area contributed by atoms with Crippen molar-refractivity contribution in [1.29, 1.82) is 0 Å². The minimum Gasteiger partial charge on any atom is -0.336 e. The van der Waals surface area contributed by atoms with Crippen molar-refractivity contribution in [1.82, 2.24) is 9.80 Å². The van der Waals surface area contributed by atoms with Gasteiger partial charge in [-0.15, -0.1) is 0 Å². The van der Waals surface area contributed by atoms with Gasteiger partial charge in [0.05, 0.1) is 0 Å². The van der Waals surface area contributed by atoms with Crippen molar-refractivity contribution in [3.8, 4) is 0 Å². The molecule has 1 aromatic carbocycles. The first-order chi connectivity index (χ1) is 11.7. The van der Waals surface area contributed by atoms with Gasteiger partial charge in [-0.05, 0) is 75.9 Å². The molecule has 1 aromatic rings. The minimum absolute atomic E-state index is 0.211. The predicted octanol–water partition coefficient (Wildman–Crippen LogP) is 4.71. The maximum absolute atomic E-state index is 12.9. The summed E-state index contributed by atoms with van der Waals surface area (Å²) in [6.45, 7) is 4.55. The molecule has 0 N–H and O–H groups in total. The summed E-state index contributed by atoms with van der Waals surface area (Å²) in [6, 6.07) is 8.21. The summed E-state index contributed by atoms with van der Waals surface area (Å²) in [5.74, 6) is 0.211. The van der Waals surface area contributed by atoms with Gasteiger partial charge in [-0.1, -0.05) is 28.8 Å². The second-order valence-corrected chi connectivity index (χ2v) is 8.12. The highest BCUT2D eigenvalue weighted by Gasteiger charge is 2.27.